The normalized spacial score (nSPS) is 11.0. The summed E-state index contributed by atoms with van der Waals surface area (Å²) in [5.74, 6) is -1.05. The van der Waals surface area contributed by atoms with Crippen molar-refractivity contribution in [2.75, 3.05) is 5.32 Å². The molecule has 2 amide bonds. The van der Waals surface area contributed by atoms with Crippen molar-refractivity contribution in [1.29, 1.82) is 0 Å². The number of aryl methyl sites for hydroxylation is 1. The van der Waals surface area contributed by atoms with E-state index in [1.807, 2.05) is 0 Å². The summed E-state index contributed by atoms with van der Waals surface area (Å²) in [5, 5.41) is 6.45. The molecule has 130 valence electrons. The highest BCUT2D eigenvalue weighted by atomic mass is 16.3. The third-order valence-corrected chi connectivity index (χ3v) is 3.62. The maximum atomic E-state index is 12.4. The van der Waals surface area contributed by atoms with Gasteiger partial charge in [0.05, 0.1) is 5.69 Å². The van der Waals surface area contributed by atoms with Crippen LogP contribution in [0, 0.1) is 0 Å². The largest absolute Gasteiger partial charge is 0.444 e. The number of rotatable bonds is 4. The molecule has 0 unspecified atom stereocenters. The standard InChI is InChI=1S/C16H12N6O4/c1-22-5-10(13(21-22)14(17)23)19-15(24)11-6-25-16(20-11)8-2-3-12-9(4-8)18-7-26-12/h2-7H,1H3,(H2,17,23)(H,19,24). The van der Waals surface area contributed by atoms with Crippen LogP contribution in [0.25, 0.3) is 22.6 Å². The number of nitrogens with zero attached hydrogens (tertiary/aromatic N) is 4. The first-order valence-corrected chi connectivity index (χ1v) is 7.45. The SMILES string of the molecule is Cn1cc(NC(=O)c2coc(-c3ccc4ocnc4c3)n2)c(C(N)=O)n1. The molecule has 3 heterocycles. The first-order valence-electron chi connectivity index (χ1n) is 7.45. The summed E-state index contributed by atoms with van der Waals surface area (Å²) < 4.78 is 11.9. The van der Waals surface area contributed by atoms with E-state index in [1.165, 1.54) is 23.5 Å². The van der Waals surface area contributed by atoms with Gasteiger partial charge in [0.2, 0.25) is 5.89 Å². The molecule has 3 N–H and O–H groups in total. The van der Waals surface area contributed by atoms with Gasteiger partial charge in [-0.2, -0.15) is 5.10 Å². The molecule has 0 aliphatic rings. The summed E-state index contributed by atoms with van der Waals surface area (Å²) in [5.41, 5.74) is 7.36. The molecule has 10 heteroatoms. The monoisotopic (exact) mass is 352 g/mol. The number of aromatic nitrogens is 4. The van der Waals surface area contributed by atoms with E-state index in [0.717, 1.165) is 0 Å². The van der Waals surface area contributed by atoms with E-state index in [-0.39, 0.29) is 23.0 Å². The minimum Gasteiger partial charge on any atom is -0.444 e. The Labute approximate surface area is 145 Å². The van der Waals surface area contributed by atoms with Gasteiger partial charge in [-0.1, -0.05) is 0 Å². The van der Waals surface area contributed by atoms with Crippen LogP contribution in [0.2, 0.25) is 0 Å². The van der Waals surface area contributed by atoms with Crippen molar-refractivity contribution in [2.24, 2.45) is 12.8 Å². The van der Waals surface area contributed by atoms with E-state index in [2.05, 4.69) is 20.4 Å². The van der Waals surface area contributed by atoms with Crippen LogP contribution in [0.3, 0.4) is 0 Å². The van der Waals surface area contributed by atoms with Crippen LogP contribution in [0.1, 0.15) is 21.0 Å². The molecule has 0 bridgehead atoms. The van der Waals surface area contributed by atoms with Gasteiger partial charge in [-0.25, -0.2) is 9.97 Å². The van der Waals surface area contributed by atoms with Crippen LogP contribution in [-0.4, -0.2) is 31.6 Å². The molecule has 4 aromatic rings. The van der Waals surface area contributed by atoms with Crippen LogP contribution in [-0.2, 0) is 7.05 Å². The number of anilines is 1. The average Bonchev–Trinajstić information content (AvgIpc) is 3.32. The van der Waals surface area contributed by atoms with Crippen molar-refractivity contribution < 1.29 is 18.4 Å². The summed E-state index contributed by atoms with van der Waals surface area (Å²) in [4.78, 5) is 32.0. The maximum absolute atomic E-state index is 12.4. The lowest BCUT2D eigenvalue weighted by atomic mass is 10.2. The Morgan fingerprint density at radius 2 is 2.12 bits per heavy atom. The Bertz CT molecular complexity index is 1140. The van der Waals surface area contributed by atoms with Gasteiger partial charge in [0.1, 0.15) is 11.8 Å². The number of fused-ring (bicyclic) bond motifs is 1. The molecule has 0 atom stereocenters. The predicted molar refractivity (Wildman–Crippen MR) is 89.2 cm³/mol. The summed E-state index contributed by atoms with van der Waals surface area (Å²) in [6.07, 6.45) is 4.03. The van der Waals surface area contributed by atoms with Crippen molar-refractivity contribution >= 4 is 28.6 Å². The highest BCUT2D eigenvalue weighted by Crippen LogP contribution is 2.23. The zero-order valence-corrected chi connectivity index (χ0v) is 13.5. The fraction of sp³-hybridized carbons (Fsp3) is 0.0625. The van der Waals surface area contributed by atoms with Crippen molar-refractivity contribution in [1.82, 2.24) is 19.7 Å². The van der Waals surface area contributed by atoms with Crippen LogP contribution < -0.4 is 11.1 Å². The van der Waals surface area contributed by atoms with Gasteiger partial charge in [0, 0.05) is 18.8 Å². The van der Waals surface area contributed by atoms with Gasteiger partial charge in [-0.3, -0.25) is 14.3 Å². The van der Waals surface area contributed by atoms with E-state index in [4.69, 9.17) is 14.6 Å². The second-order valence-corrected chi connectivity index (χ2v) is 5.46. The first-order chi connectivity index (χ1) is 12.5. The lowest BCUT2D eigenvalue weighted by Gasteiger charge is -2.00. The molecule has 0 saturated heterocycles. The number of hydrogen-bond acceptors (Lipinski definition) is 7. The number of nitrogens with two attached hydrogens (primary N) is 1. The van der Waals surface area contributed by atoms with Crippen molar-refractivity contribution in [3.05, 3.63) is 48.4 Å². The number of carbonyl (C=O) groups is 2. The molecular formula is C16H12N6O4. The summed E-state index contributed by atoms with van der Waals surface area (Å²) >= 11 is 0. The molecule has 0 aliphatic heterocycles. The smallest absolute Gasteiger partial charge is 0.277 e. The molecule has 0 fully saturated rings. The van der Waals surface area contributed by atoms with E-state index in [1.54, 1.807) is 25.2 Å². The van der Waals surface area contributed by atoms with Crippen LogP contribution in [0.5, 0.6) is 0 Å². The predicted octanol–water partition coefficient (Wildman–Crippen LogP) is 1.57. The Kier molecular flexibility index (Phi) is 3.50. The number of primary amides is 1. The van der Waals surface area contributed by atoms with E-state index >= 15 is 0 Å². The summed E-state index contributed by atoms with van der Waals surface area (Å²) in [6, 6.07) is 5.21. The van der Waals surface area contributed by atoms with Crippen molar-refractivity contribution in [3.8, 4) is 11.5 Å². The maximum Gasteiger partial charge on any atom is 0.277 e. The quantitative estimate of drug-likeness (QED) is 0.567. The number of hydrogen-bond donors (Lipinski definition) is 2. The topological polar surface area (TPSA) is 142 Å². The molecule has 4 rings (SSSR count). The zero-order valence-electron chi connectivity index (χ0n) is 13.5. The first kappa shape index (κ1) is 15.6. The van der Waals surface area contributed by atoms with Crippen molar-refractivity contribution in [2.45, 2.75) is 0 Å². The lowest BCUT2D eigenvalue weighted by Crippen LogP contribution is -2.18. The number of nitrogens with one attached hydrogen (secondary N) is 1. The minimum atomic E-state index is -0.748. The molecule has 26 heavy (non-hydrogen) atoms. The molecule has 0 spiro atoms. The number of carbonyl (C=O) groups excluding carboxylic acids is 2. The highest BCUT2D eigenvalue weighted by Gasteiger charge is 2.19. The number of amides is 2. The van der Waals surface area contributed by atoms with E-state index in [9.17, 15) is 9.59 Å². The molecule has 0 saturated carbocycles. The lowest BCUT2D eigenvalue weighted by molar-refractivity contribution is 0.0995. The molecule has 0 aliphatic carbocycles. The number of oxazole rings is 2. The fourth-order valence-electron chi connectivity index (χ4n) is 2.45. The molecule has 0 radical (unpaired) electrons. The highest BCUT2D eigenvalue weighted by molar-refractivity contribution is 6.07. The molecular weight excluding hydrogens is 340 g/mol. The second-order valence-electron chi connectivity index (χ2n) is 5.46. The van der Waals surface area contributed by atoms with Gasteiger partial charge in [0.25, 0.3) is 11.8 Å². The average molecular weight is 352 g/mol. The van der Waals surface area contributed by atoms with Crippen molar-refractivity contribution in [3.63, 3.8) is 0 Å². The second kappa shape index (κ2) is 5.84. The fourth-order valence-corrected chi connectivity index (χ4v) is 2.45. The van der Waals surface area contributed by atoms with Crippen LogP contribution in [0.4, 0.5) is 5.69 Å². The van der Waals surface area contributed by atoms with Crippen LogP contribution >= 0.6 is 0 Å². The molecule has 10 nitrogen and oxygen atoms in total. The van der Waals surface area contributed by atoms with Crippen LogP contribution in [0.15, 0.2) is 45.9 Å². The Morgan fingerprint density at radius 1 is 1.27 bits per heavy atom. The Morgan fingerprint density at radius 3 is 2.92 bits per heavy atom. The molecule has 3 aromatic heterocycles. The third-order valence-electron chi connectivity index (χ3n) is 3.62. The summed E-state index contributed by atoms with van der Waals surface area (Å²) in [7, 11) is 1.61. The summed E-state index contributed by atoms with van der Waals surface area (Å²) in [6.45, 7) is 0. The van der Waals surface area contributed by atoms with E-state index in [0.29, 0.717) is 16.7 Å². The Balaban J connectivity index is 1.59. The van der Waals surface area contributed by atoms with E-state index < -0.39 is 11.8 Å². The van der Waals surface area contributed by atoms with Gasteiger partial charge >= 0.3 is 0 Å². The van der Waals surface area contributed by atoms with Gasteiger partial charge < -0.3 is 19.9 Å². The zero-order chi connectivity index (χ0) is 18.3. The third kappa shape index (κ3) is 2.69. The van der Waals surface area contributed by atoms with Gasteiger partial charge in [-0.15, -0.1) is 0 Å². The van der Waals surface area contributed by atoms with Gasteiger partial charge in [0.15, 0.2) is 23.4 Å². The molecule has 1 aromatic carbocycles. The number of benzene rings is 1. The Hall–Kier alpha value is -3.95. The minimum absolute atomic E-state index is 0.0407. The van der Waals surface area contributed by atoms with Gasteiger partial charge in [-0.05, 0) is 18.2 Å².